The summed E-state index contributed by atoms with van der Waals surface area (Å²) < 4.78 is 1.29. The lowest BCUT2D eigenvalue weighted by atomic mass is 10.2. The van der Waals surface area contributed by atoms with Crippen LogP contribution < -0.4 is 5.32 Å². The Kier molecular flexibility index (Phi) is 5.48. The number of benzene rings is 1. The molecule has 0 unspecified atom stereocenters. The van der Waals surface area contributed by atoms with Gasteiger partial charge in [-0.2, -0.15) is 0 Å². The molecule has 2 rings (SSSR count). The van der Waals surface area contributed by atoms with Gasteiger partial charge in [0.25, 0.3) is 0 Å². The van der Waals surface area contributed by atoms with Crippen LogP contribution in [0.1, 0.15) is 12.0 Å². The molecule has 0 atom stereocenters. The number of nitrogens with zero attached hydrogens (tertiary/aromatic N) is 2. The van der Waals surface area contributed by atoms with E-state index in [1.165, 1.54) is 22.1 Å². The third-order valence-electron chi connectivity index (χ3n) is 2.91. The van der Waals surface area contributed by atoms with Gasteiger partial charge in [0.2, 0.25) is 0 Å². The molecule has 1 radical (unpaired) electrons. The maximum atomic E-state index is 4.43. The monoisotopic (exact) mass is 341 g/mol. The van der Waals surface area contributed by atoms with Crippen molar-refractivity contribution in [1.82, 2.24) is 10.2 Å². The van der Waals surface area contributed by atoms with Gasteiger partial charge < -0.3 is 0 Å². The minimum Gasteiger partial charge on any atom is -0.298 e. The third kappa shape index (κ3) is 4.77. The molecule has 3 heteroatoms. The van der Waals surface area contributed by atoms with Gasteiger partial charge in [0.05, 0.1) is 0 Å². The lowest BCUT2D eigenvalue weighted by Gasteiger charge is -2.16. The van der Waals surface area contributed by atoms with Gasteiger partial charge in [-0.3, -0.25) is 4.90 Å². The average molecular weight is 341 g/mol. The van der Waals surface area contributed by atoms with Crippen LogP contribution in [0.15, 0.2) is 30.3 Å². The highest BCUT2D eigenvalue weighted by molar-refractivity contribution is 14.1. The highest BCUT2D eigenvalue weighted by Gasteiger charge is 2.06. The Labute approximate surface area is 117 Å². The second-order valence-corrected chi connectivity index (χ2v) is 5.52. The molecule has 0 saturated carbocycles. The van der Waals surface area contributed by atoms with Crippen LogP contribution >= 0.6 is 22.6 Å². The lowest BCUT2D eigenvalue weighted by molar-refractivity contribution is 0.324. The van der Waals surface area contributed by atoms with Crippen molar-refractivity contribution in [2.45, 2.75) is 6.42 Å². The topological polar surface area (TPSA) is 17.3 Å². The fraction of sp³-hybridized carbons (Fsp3) is 0.429. The number of hydrogen-bond donors (Lipinski definition) is 0. The summed E-state index contributed by atoms with van der Waals surface area (Å²) in [5, 5.41) is 4.43. The zero-order chi connectivity index (χ0) is 11.9. The van der Waals surface area contributed by atoms with Crippen molar-refractivity contribution >= 4 is 28.7 Å². The molecule has 0 amide bonds. The van der Waals surface area contributed by atoms with E-state index in [2.05, 4.69) is 69.2 Å². The van der Waals surface area contributed by atoms with Gasteiger partial charge in [-0.1, -0.05) is 24.3 Å². The highest BCUT2D eigenvalue weighted by Crippen LogP contribution is 2.08. The normalized spacial score (nSPS) is 18.4. The fourth-order valence-corrected chi connectivity index (χ4v) is 2.30. The maximum absolute atomic E-state index is 4.43. The van der Waals surface area contributed by atoms with Gasteiger partial charge in [0.1, 0.15) is 0 Å². The van der Waals surface area contributed by atoms with E-state index < -0.39 is 0 Å². The van der Waals surface area contributed by atoms with Crippen LogP contribution in [-0.4, -0.2) is 37.6 Å². The predicted octanol–water partition coefficient (Wildman–Crippen LogP) is 2.61. The van der Waals surface area contributed by atoms with Crippen LogP contribution in [0.5, 0.6) is 0 Å². The zero-order valence-electron chi connectivity index (χ0n) is 9.98. The summed E-state index contributed by atoms with van der Waals surface area (Å²) in [4.78, 5) is 2.47. The Morgan fingerprint density at radius 1 is 1.18 bits per heavy atom. The predicted molar refractivity (Wildman–Crippen MR) is 81.1 cm³/mol. The molecular weight excluding hydrogens is 323 g/mol. The van der Waals surface area contributed by atoms with E-state index in [1.807, 2.05) is 0 Å². The lowest BCUT2D eigenvalue weighted by Crippen LogP contribution is -2.27. The van der Waals surface area contributed by atoms with Crippen molar-refractivity contribution in [2.24, 2.45) is 0 Å². The summed E-state index contributed by atoms with van der Waals surface area (Å²) in [5.41, 5.74) is 1.28. The number of hydrogen-bond acceptors (Lipinski definition) is 1. The second-order valence-electron chi connectivity index (χ2n) is 4.28. The summed E-state index contributed by atoms with van der Waals surface area (Å²) in [7, 11) is 0. The summed E-state index contributed by atoms with van der Waals surface area (Å²) in [6.45, 7) is 5.37. The van der Waals surface area contributed by atoms with Gasteiger partial charge in [-0.25, -0.2) is 5.32 Å². The molecule has 0 spiro atoms. The van der Waals surface area contributed by atoms with E-state index in [0.29, 0.717) is 0 Å². The Hall–Kier alpha value is -0.390. The van der Waals surface area contributed by atoms with Crippen molar-refractivity contribution in [1.29, 1.82) is 0 Å². The molecule has 1 fully saturated rings. The largest absolute Gasteiger partial charge is 0.298 e. The van der Waals surface area contributed by atoms with Crippen molar-refractivity contribution in [2.75, 3.05) is 32.7 Å². The van der Waals surface area contributed by atoms with Crippen molar-refractivity contribution < 1.29 is 0 Å². The summed E-state index contributed by atoms with van der Waals surface area (Å²) >= 11 is 2.33. The smallest absolute Gasteiger partial charge is 0.0261 e. The van der Waals surface area contributed by atoms with E-state index >= 15 is 0 Å². The summed E-state index contributed by atoms with van der Waals surface area (Å²) in [6, 6.07) is 8.61. The van der Waals surface area contributed by atoms with Crippen LogP contribution in [0.4, 0.5) is 0 Å². The van der Waals surface area contributed by atoms with Gasteiger partial charge in [0, 0.05) is 29.7 Å². The summed E-state index contributed by atoms with van der Waals surface area (Å²) in [6.07, 6.45) is 5.67. The van der Waals surface area contributed by atoms with Crippen LogP contribution in [0.2, 0.25) is 0 Å². The van der Waals surface area contributed by atoms with E-state index in [4.69, 9.17) is 0 Å². The molecule has 0 aromatic heterocycles. The Balaban J connectivity index is 1.82. The van der Waals surface area contributed by atoms with E-state index in [0.717, 1.165) is 26.2 Å². The molecule has 1 aliphatic rings. The molecule has 0 N–H and O–H groups in total. The SMILES string of the molecule is Ic1ccc(C=CCN2CCC[N]CC2)cc1. The fourth-order valence-electron chi connectivity index (χ4n) is 1.94. The van der Waals surface area contributed by atoms with Crippen LogP contribution in [0, 0.1) is 3.57 Å². The Morgan fingerprint density at radius 3 is 2.82 bits per heavy atom. The van der Waals surface area contributed by atoms with E-state index in [1.54, 1.807) is 0 Å². The molecule has 91 valence electrons. The van der Waals surface area contributed by atoms with Gasteiger partial charge >= 0.3 is 0 Å². The molecule has 1 aliphatic heterocycles. The summed E-state index contributed by atoms with van der Waals surface area (Å²) in [5.74, 6) is 0. The molecule has 0 aliphatic carbocycles. The number of halogens is 1. The van der Waals surface area contributed by atoms with Crippen LogP contribution in [0.25, 0.3) is 6.08 Å². The minimum atomic E-state index is 0.997. The maximum Gasteiger partial charge on any atom is 0.0261 e. The Morgan fingerprint density at radius 2 is 2.00 bits per heavy atom. The first kappa shape index (κ1) is 13.1. The molecule has 1 aromatic rings. The average Bonchev–Trinajstić information content (AvgIpc) is 2.60. The van der Waals surface area contributed by atoms with Gasteiger partial charge in [-0.15, -0.1) is 0 Å². The Bertz CT molecular complexity index is 351. The third-order valence-corrected chi connectivity index (χ3v) is 3.63. The van der Waals surface area contributed by atoms with Crippen molar-refractivity contribution in [3.63, 3.8) is 0 Å². The molecular formula is C14H18IN2. The van der Waals surface area contributed by atoms with E-state index in [-0.39, 0.29) is 0 Å². The molecule has 0 bridgehead atoms. The van der Waals surface area contributed by atoms with E-state index in [9.17, 15) is 0 Å². The van der Waals surface area contributed by atoms with Gasteiger partial charge in [-0.05, 0) is 53.3 Å². The zero-order valence-corrected chi connectivity index (χ0v) is 12.1. The first-order valence-corrected chi connectivity index (χ1v) is 7.20. The molecule has 17 heavy (non-hydrogen) atoms. The quantitative estimate of drug-likeness (QED) is 0.773. The van der Waals surface area contributed by atoms with Crippen LogP contribution in [-0.2, 0) is 0 Å². The first-order valence-electron chi connectivity index (χ1n) is 6.12. The molecule has 1 heterocycles. The van der Waals surface area contributed by atoms with Crippen molar-refractivity contribution in [3.05, 3.63) is 39.5 Å². The molecule has 1 saturated heterocycles. The molecule has 1 aromatic carbocycles. The molecule has 2 nitrogen and oxygen atoms in total. The van der Waals surface area contributed by atoms with Crippen LogP contribution in [0.3, 0.4) is 0 Å². The number of rotatable bonds is 3. The second kappa shape index (κ2) is 7.13. The standard InChI is InChI=1S/C14H18IN2/c15-14-6-4-13(5-7-14)3-1-10-17-11-2-8-16-9-12-17/h1,3-7H,2,8-12H2. The first-order chi connectivity index (χ1) is 8.34. The highest BCUT2D eigenvalue weighted by atomic mass is 127. The minimum absolute atomic E-state index is 0.997. The van der Waals surface area contributed by atoms with Crippen molar-refractivity contribution in [3.8, 4) is 0 Å². The van der Waals surface area contributed by atoms with Gasteiger partial charge in [0.15, 0.2) is 0 Å².